The van der Waals surface area contributed by atoms with E-state index in [1.54, 1.807) is 0 Å². The van der Waals surface area contributed by atoms with Gasteiger partial charge >= 0.3 is 0 Å². The molecule has 0 radical (unpaired) electrons. The maximum atomic E-state index is 5.99. The van der Waals surface area contributed by atoms with Crippen molar-refractivity contribution in [1.82, 2.24) is 4.90 Å². The minimum atomic E-state index is 0. The molecule has 0 heterocycles. The van der Waals surface area contributed by atoms with Gasteiger partial charge in [0.1, 0.15) is 12.4 Å². The van der Waals surface area contributed by atoms with Gasteiger partial charge in [-0.05, 0) is 59.5 Å². The van der Waals surface area contributed by atoms with Gasteiger partial charge in [0.2, 0.25) is 0 Å². The molecular formula is C28H34ClNO. The molecule has 3 aromatic rings. The number of allylic oxidation sites excluding steroid dienone is 1. The third-order valence-electron chi connectivity index (χ3n) is 5.55. The van der Waals surface area contributed by atoms with E-state index in [1.807, 2.05) is 0 Å². The van der Waals surface area contributed by atoms with Crippen molar-refractivity contribution in [3.05, 3.63) is 102 Å². The van der Waals surface area contributed by atoms with Crippen LogP contribution in [0.25, 0.3) is 11.1 Å². The molecule has 0 bridgehead atoms. The highest BCUT2D eigenvalue weighted by molar-refractivity contribution is 5.98. The molecule has 31 heavy (non-hydrogen) atoms. The summed E-state index contributed by atoms with van der Waals surface area (Å²) in [4.78, 5) is 2.37. The Hall–Kier alpha value is -2.55. The molecule has 0 aliphatic rings. The number of hydrogen-bond acceptors (Lipinski definition) is 2. The monoisotopic (exact) mass is 435 g/mol. The molecule has 2 nitrogen and oxygen atoms in total. The van der Waals surface area contributed by atoms with E-state index in [1.165, 1.54) is 27.8 Å². The molecule has 0 saturated heterocycles. The van der Waals surface area contributed by atoms with Crippen molar-refractivity contribution in [3.63, 3.8) is 0 Å². The number of nitrogens with zero attached hydrogens (tertiary/aromatic N) is 1. The largest absolute Gasteiger partial charge is 0.492 e. The van der Waals surface area contributed by atoms with E-state index >= 15 is 0 Å². The van der Waals surface area contributed by atoms with Crippen molar-refractivity contribution < 1.29 is 4.74 Å². The molecular weight excluding hydrogens is 402 g/mol. The molecule has 3 rings (SSSR count). The summed E-state index contributed by atoms with van der Waals surface area (Å²) in [6.07, 6.45) is 0.969. The first kappa shape index (κ1) is 24.7. The van der Waals surface area contributed by atoms with Gasteiger partial charge < -0.3 is 9.64 Å². The average molecular weight is 436 g/mol. The zero-order valence-electron chi connectivity index (χ0n) is 18.9. The van der Waals surface area contributed by atoms with Gasteiger partial charge in [0, 0.05) is 6.54 Å². The van der Waals surface area contributed by atoms with E-state index in [-0.39, 0.29) is 12.4 Å². The predicted octanol–water partition coefficient (Wildman–Crippen LogP) is 7.20. The van der Waals surface area contributed by atoms with Crippen molar-refractivity contribution in [3.8, 4) is 5.75 Å². The van der Waals surface area contributed by atoms with Gasteiger partial charge in [0.25, 0.3) is 0 Å². The van der Waals surface area contributed by atoms with E-state index in [2.05, 4.69) is 111 Å². The van der Waals surface area contributed by atoms with Crippen LogP contribution in [-0.4, -0.2) is 31.1 Å². The summed E-state index contributed by atoms with van der Waals surface area (Å²) in [6, 6.07) is 29.9. The van der Waals surface area contributed by atoms with Gasteiger partial charge in [-0.3, -0.25) is 0 Å². The van der Waals surface area contributed by atoms with E-state index in [0.717, 1.165) is 31.8 Å². The van der Waals surface area contributed by atoms with Crippen LogP contribution in [0.1, 0.15) is 43.9 Å². The lowest BCUT2D eigenvalue weighted by molar-refractivity contribution is 0.223. The molecule has 3 heteroatoms. The first-order valence-electron chi connectivity index (χ1n) is 11.1. The van der Waals surface area contributed by atoms with Crippen LogP contribution in [0.4, 0.5) is 0 Å². The summed E-state index contributed by atoms with van der Waals surface area (Å²) in [5.74, 6) is 0.927. The number of benzene rings is 3. The van der Waals surface area contributed by atoms with E-state index < -0.39 is 0 Å². The van der Waals surface area contributed by atoms with Crippen LogP contribution in [0.3, 0.4) is 0 Å². The molecule has 0 saturated carbocycles. The Morgan fingerprint density at radius 3 is 1.71 bits per heavy atom. The third-order valence-corrected chi connectivity index (χ3v) is 5.55. The Kier molecular flexibility index (Phi) is 10.4. The fraction of sp³-hybridized carbons (Fsp3) is 0.286. The van der Waals surface area contributed by atoms with Crippen LogP contribution < -0.4 is 4.74 Å². The minimum absolute atomic E-state index is 0. The van der Waals surface area contributed by atoms with Gasteiger partial charge in [0.05, 0.1) is 0 Å². The quantitative estimate of drug-likeness (QED) is 0.312. The lowest BCUT2D eigenvalue weighted by Crippen LogP contribution is -2.27. The first-order chi connectivity index (χ1) is 14.8. The number of hydrogen-bond donors (Lipinski definition) is 0. The summed E-state index contributed by atoms with van der Waals surface area (Å²) >= 11 is 0. The van der Waals surface area contributed by atoms with Gasteiger partial charge in [-0.25, -0.2) is 0 Å². The van der Waals surface area contributed by atoms with Crippen LogP contribution in [0.2, 0.25) is 0 Å². The predicted molar refractivity (Wildman–Crippen MR) is 136 cm³/mol. The Morgan fingerprint density at radius 2 is 1.19 bits per heavy atom. The van der Waals surface area contributed by atoms with E-state index in [4.69, 9.17) is 4.74 Å². The zero-order chi connectivity index (χ0) is 21.2. The summed E-state index contributed by atoms with van der Waals surface area (Å²) in [5, 5.41) is 0. The van der Waals surface area contributed by atoms with Crippen LogP contribution in [0.15, 0.2) is 84.9 Å². The van der Waals surface area contributed by atoms with Gasteiger partial charge in [-0.15, -0.1) is 12.4 Å². The van der Waals surface area contributed by atoms with Crippen molar-refractivity contribution in [2.24, 2.45) is 0 Å². The molecule has 0 aliphatic heterocycles. The number of rotatable bonds is 10. The second-order valence-electron chi connectivity index (χ2n) is 7.34. The molecule has 0 N–H and O–H groups in total. The highest BCUT2D eigenvalue weighted by atomic mass is 35.5. The highest BCUT2D eigenvalue weighted by Gasteiger charge is 2.13. The van der Waals surface area contributed by atoms with Crippen molar-refractivity contribution in [2.45, 2.75) is 27.2 Å². The second-order valence-corrected chi connectivity index (χ2v) is 7.34. The normalized spacial score (nSPS) is 11.6. The smallest absolute Gasteiger partial charge is 0.119 e. The highest BCUT2D eigenvalue weighted by Crippen LogP contribution is 2.34. The molecule has 0 amide bonds. The Balaban J connectivity index is 0.00000341. The number of likely N-dealkylation sites (N-methyl/N-ethyl adjacent to an activating group) is 1. The molecule has 0 aliphatic carbocycles. The van der Waals surface area contributed by atoms with E-state index in [9.17, 15) is 0 Å². The first-order valence-corrected chi connectivity index (χ1v) is 11.1. The standard InChI is InChI=1S/C28H33NO.ClH/c1-4-27(23-13-9-7-10-14-23)28(24-15-11-8-12-16-24)25-17-19-26(20-18-25)30-22-21-29(5-2)6-3;/h7-20H,4-6,21-22H2,1-3H3;1H/b28-27-;. The maximum absolute atomic E-state index is 5.99. The third kappa shape index (κ3) is 6.72. The summed E-state index contributed by atoms with van der Waals surface area (Å²) in [5.41, 5.74) is 6.39. The second kappa shape index (κ2) is 13.0. The maximum Gasteiger partial charge on any atom is 0.119 e. The summed E-state index contributed by atoms with van der Waals surface area (Å²) in [6.45, 7) is 10.4. The molecule has 0 aromatic heterocycles. The van der Waals surface area contributed by atoms with E-state index in [0.29, 0.717) is 6.61 Å². The van der Waals surface area contributed by atoms with Gasteiger partial charge in [-0.2, -0.15) is 0 Å². The van der Waals surface area contributed by atoms with Crippen LogP contribution in [-0.2, 0) is 0 Å². The topological polar surface area (TPSA) is 12.5 Å². The SMILES string of the molecule is CC/C(=C(\c1ccccc1)c1ccc(OCCN(CC)CC)cc1)c1ccccc1.Cl. The van der Waals surface area contributed by atoms with Crippen molar-refractivity contribution in [1.29, 1.82) is 0 Å². The molecule has 3 aromatic carbocycles. The minimum Gasteiger partial charge on any atom is -0.492 e. The Labute approximate surface area is 194 Å². The molecule has 0 atom stereocenters. The fourth-order valence-electron chi connectivity index (χ4n) is 3.83. The van der Waals surface area contributed by atoms with Crippen LogP contribution in [0, 0.1) is 0 Å². The van der Waals surface area contributed by atoms with Crippen LogP contribution >= 0.6 is 12.4 Å². The molecule has 164 valence electrons. The molecule has 0 fully saturated rings. The lowest BCUT2D eigenvalue weighted by Gasteiger charge is -2.19. The average Bonchev–Trinajstić information content (AvgIpc) is 2.82. The Morgan fingerprint density at radius 1 is 0.677 bits per heavy atom. The van der Waals surface area contributed by atoms with Gasteiger partial charge in [-0.1, -0.05) is 93.6 Å². The Bertz CT molecular complexity index is 916. The summed E-state index contributed by atoms with van der Waals surface area (Å²) < 4.78 is 5.99. The molecule has 0 spiro atoms. The van der Waals surface area contributed by atoms with Crippen molar-refractivity contribution >= 4 is 23.6 Å². The van der Waals surface area contributed by atoms with Gasteiger partial charge in [0.15, 0.2) is 0 Å². The van der Waals surface area contributed by atoms with Crippen molar-refractivity contribution in [2.75, 3.05) is 26.2 Å². The lowest BCUT2D eigenvalue weighted by atomic mass is 9.88. The number of halogens is 1. The number of ether oxygens (including phenoxy) is 1. The van der Waals surface area contributed by atoms with Crippen LogP contribution in [0.5, 0.6) is 5.75 Å². The summed E-state index contributed by atoms with van der Waals surface area (Å²) in [7, 11) is 0. The molecule has 0 unspecified atom stereocenters. The zero-order valence-corrected chi connectivity index (χ0v) is 19.7. The fourth-order valence-corrected chi connectivity index (χ4v) is 3.83.